The zero-order valence-corrected chi connectivity index (χ0v) is 16.1. The summed E-state index contributed by atoms with van der Waals surface area (Å²) >= 11 is 0. The predicted molar refractivity (Wildman–Crippen MR) is 109 cm³/mol. The number of likely N-dealkylation sites (tertiary alicyclic amines) is 1. The molecule has 0 unspecified atom stereocenters. The van der Waals surface area contributed by atoms with Crippen molar-refractivity contribution in [3.8, 4) is 0 Å². The average Bonchev–Trinajstić information content (AvgIpc) is 3.38. The molecule has 1 aliphatic carbocycles. The van der Waals surface area contributed by atoms with Crippen molar-refractivity contribution in [2.45, 2.75) is 37.1 Å². The molecule has 2 fully saturated rings. The quantitative estimate of drug-likeness (QED) is 0.779. The number of carbonyl (C=O) groups is 2. The van der Waals surface area contributed by atoms with E-state index in [1.165, 1.54) is 12.8 Å². The van der Waals surface area contributed by atoms with Crippen molar-refractivity contribution in [1.82, 2.24) is 10.2 Å². The number of nitrogens with two attached hydrogens (primary N) is 1. The molecule has 0 radical (unpaired) electrons. The van der Waals surface area contributed by atoms with Crippen molar-refractivity contribution in [2.24, 2.45) is 5.73 Å². The third-order valence-corrected chi connectivity index (χ3v) is 6.05. The highest BCUT2D eigenvalue weighted by Crippen LogP contribution is 2.48. The number of nitrogens with zero attached hydrogens (tertiary/aromatic N) is 1. The summed E-state index contributed by atoms with van der Waals surface area (Å²) in [7, 11) is 0. The maximum atomic E-state index is 13.3. The minimum atomic E-state index is -0.478. The molecule has 5 heteroatoms. The number of hydrogen-bond donors (Lipinski definition) is 2. The molecular formula is C23H27N3O2. The average molecular weight is 377 g/mol. The Morgan fingerprint density at radius 3 is 2.21 bits per heavy atom. The minimum Gasteiger partial charge on any atom is -0.366 e. The van der Waals surface area contributed by atoms with Crippen molar-refractivity contribution in [2.75, 3.05) is 19.6 Å². The lowest BCUT2D eigenvalue weighted by Crippen LogP contribution is -2.41. The summed E-state index contributed by atoms with van der Waals surface area (Å²) in [6, 6.07) is 17.4. The normalized spacial score (nSPS) is 19.1. The first-order valence-electron chi connectivity index (χ1n) is 10.1. The first-order chi connectivity index (χ1) is 13.6. The van der Waals surface area contributed by atoms with Gasteiger partial charge in [-0.25, -0.2) is 0 Å². The van der Waals surface area contributed by atoms with Gasteiger partial charge in [0.1, 0.15) is 0 Å². The van der Waals surface area contributed by atoms with E-state index in [2.05, 4.69) is 22.3 Å². The number of hydrogen-bond acceptors (Lipinski definition) is 3. The lowest BCUT2D eigenvalue weighted by molar-refractivity contribution is -0.124. The maximum Gasteiger partial charge on any atom is 0.248 e. The highest BCUT2D eigenvalue weighted by Gasteiger charge is 2.51. The van der Waals surface area contributed by atoms with E-state index in [-0.39, 0.29) is 11.9 Å². The lowest BCUT2D eigenvalue weighted by Gasteiger charge is -2.27. The molecule has 0 spiro atoms. The molecule has 1 aliphatic heterocycles. The van der Waals surface area contributed by atoms with Crippen LogP contribution in [0.2, 0.25) is 0 Å². The van der Waals surface area contributed by atoms with Gasteiger partial charge in [0.2, 0.25) is 11.8 Å². The molecule has 2 aliphatic rings. The standard InChI is InChI=1S/C23H27N3O2/c24-21(27)18-8-10-19(11-9-18)23(12-13-23)22(28)25-20(16-26-14-4-5-15-26)17-6-2-1-3-7-17/h1-3,6-11,20H,4-5,12-16H2,(H2,24,27)(H,25,28)/t20-/m1/s1. The molecule has 0 bridgehead atoms. The van der Waals surface area contributed by atoms with Gasteiger partial charge in [-0.1, -0.05) is 42.5 Å². The van der Waals surface area contributed by atoms with Gasteiger partial charge in [0, 0.05) is 12.1 Å². The molecule has 2 aromatic carbocycles. The Morgan fingerprint density at radius 1 is 1.00 bits per heavy atom. The van der Waals surface area contributed by atoms with Crippen molar-refractivity contribution in [3.63, 3.8) is 0 Å². The third-order valence-electron chi connectivity index (χ3n) is 6.05. The molecular weight excluding hydrogens is 350 g/mol. The van der Waals surface area contributed by atoms with Crippen LogP contribution in [0, 0.1) is 0 Å². The number of primary amides is 1. The molecule has 146 valence electrons. The molecule has 3 N–H and O–H groups in total. The molecule has 2 amide bonds. The van der Waals surface area contributed by atoms with E-state index in [9.17, 15) is 9.59 Å². The Kier molecular flexibility index (Phi) is 5.18. The minimum absolute atomic E-state index is 0.0193. The summed E-state index contributed by atoms with van der Waals surface area (Å²) in [5.41, 5.74) is 7.43. The highest BCUT2D eigenvalue weighted by molar-refractivity contribution is 5.94. The molecule has 4 rings (SSSR count). The van der Waals surface area contributed by atoms with E-state index in [1.54, 1.807) is 12.1 Å². The number of benzene rings is 2. The van der Waals surface area contributed by atoms with Gasteiger partial charge in [-0.3, -0.25) is 9.59 Å². The Morgan fingerprint density at radius 2 is 1.64 bits per heavy atom. The molecule has 2 aromatic rings. The molecule has 1 saturated carbocycles. The van der Waals surface area contributed by atoms with Crippen LogP contribution in [0.3, 0.4) is 0 Å². The molecule has 1 heterocycles. The van der Waals surface area contributed by atoms with Crippen molar-refractivity contribution in [1.29, 1.82) is 0 Å². The molecule has 28 heavy (non-hydrogen) atoms. The third kappa shape index (κ3) is 3.80. The monoisotopic (exact) mass is 377 g/mol. The van der Waals surface area contributed by atoms with E-state index in [1.807, 2.05) is 30.3 Å². The second-order valence-electron chi connectivity index (χ2n) is 7.97. The molecule has 0 aromatic heterocycles. The van der Waals surface area contributed by atoms with Crippen LogP contribution in [0.25, 0.3) is 0 Å². The van der Waals surface area contributed by atoms with Crippen molar-refractivity contribution >= 4 is 11.8 Å². The number of carbonyl (C=O) groups excluding carboxylic acids is 2. The number of nitrogens with one attached hydrogen (secondary N) is 1. The Hall–Kier alpha value is -2.66. The Labute approximate surface area is 165 Å². The molecule has 5 nitrogen and oxygen atoms in total. The van der Waals surface area contributed by atoms with Gasteiger partial charge in [0.05, 0.1) is 11.5 Å². The van der Waals surface area contributed by atoms with Gasteiger partial charge in [-0.05, 0) is 62.0 Å². The summed E-state index contributed by atoms with van der Waals surface area (Å²) in [5, 5.41) is 3.33. The Balaban J connectivity index is 1.52. The van der Waals surface area contributed by atoms with Gasteiger partial charge < -0.3 is 16.0 Å². The van der Waals surface area contributed by atoms with Crippen LogP contribution in [0.5, 0.6) is 0 Å². The SMILES string of the molecule is NC(=O)c1ccc(C2(C(=O)N[C@H](CN3CCCC3)c3ccccc3)CC2)cc1. The fourth-order valence-electron chi connectivity index (χ4n) is 4.16. The first-order valence-corrected chi connectivity index (χ1v) is 10.1. The van der Waals surface area contributed by atoms with E-state index >= 15 is 0 Å². The van der Waals surface area contributed by atoms with Gasteiger partial charge in [-0.2, -0.15) is 0 Å². The van der Waals surface area contributed by atoms with Gasteiger partial charge in [0.25, 0.3) is 0 Å². The second kappa shape index (κ2) is 7.76. The highest BCUT2D eigenvalue weighted by atomic mass is 16.2. The van der Waals surface area contributed by atoms with Crippen LogP contribution < -0.4 is 11.1 Å². The number of rotatable bonds is 7. The topological polar surface area (TPSA) is 75.4 Å². The second-order valence-corrected chi connectivity index (χ2v) is 7.97. The summed E-state index contributed by atoms with van der Waals surface area (Å²) < 4.78 is 0. The van der Waals surface area contributed by atoms with Crippen LogP contribution >= 0.6 is 0 Å². The summed E-state index contributed by atoms with van der Waals surface area (Å²) in [5.74, 6) is -0.372. The zero-order chi connectivity index (χ0) is 19.6. The van der Waals surface area contributed by atoms with Crippen LogP contribution in [0.4, 0.5) is 0 Å². The van der Waals surface area contributed by atoms with Crippen LogP contribution in [0.1, 0.15) is 53.2 Å². The van der Waals surface area contributed by atoms with Gasteiger partial charge in [-0.15, -0.1) is 0 Å². The largest absolute Gasteiger partial charge is 0.366 e. The van der Waals surface area contributed by atoms with Gasteiger partial charge >= 0.3 is 0 Å². The first kappa shape index (κ1) is 18.7. The van der Waals surface area contributed by atoms with E-state index in [0.29, 0.717) is 5.56 Å². The van der Waals surface area contributed by atoms with Crippen LogP contribution in [-0.2, 0) is 10.2 Å². The predicted octanol–water partition coefficient (Wildman–Crippen LogP) is 2.77. The number of amides is 2. The van der Waals surface area contributed by atoms with Crippen LogP contribution in [-0.4, -0.2) is 36.3 Å². The molecule has 1 saturated heterocycles. The zero-order valence-electron chi connectivity index (χ0n) is 16.1. The summed E-state index contributed by atoms with van der Waals surface area (Å²) in [4.78, 5) is 27.0. The smallest absolute Gasteiger partial charge is 0.248 e. The van der Waals surface area contributed by atoms with Gasteiger partial charge in [0.15, 0.2) is 0 Å². The lowest BCUT2D eigenvalue weighted by atomic mass is 9.93. The maximum absolute atomic E-state index is 13.3. The Bertz CT molecular complexity index is 838. The van der Waals surface area contributed by atoms with Crippen molar-refractivity contribution < 1.29 is 9.59 Å². The fraction of sp³-hybridized carbons (Fsp3) is 0.391. The van der Waals surface area contributed by atoms with Crippen molar-refractivity contribution in [3.05, 3.63) is 71.3 Å². The summed E-state index contributed by atoms with van der Waals surface area (Å²) in [6.45, 7) is 3.03. The van der Waals surface area contributed by atoms with Crippen LogP contribution in [0.15, 0.2) is 54.6 Å². The van der Waals surface area contributed by atoms with E-state index in [4.69, 9.17) is 5.73 Å². The van der Waals surface area contributed by atoms with E-state index < -0.39 is 11.3 Å². The van der Waals surface area contributed by atoms with E-state index in [0.717, 1.165) is 43.6 Å². The fourth-order valence-corrected chi connectivity index (χ4v) is 4.16. The summed E-state index contributed by atoms with van der Waals surface area (Å²) in [6.07, 6.45) is 4.12. The molecule has 1 atom stereocenters.